The van der Waals surface area contributed by atoms with Crippen LogP contribution in [0.5, 0.6) is 0 Å². The number of carbonyl (C=O) groups is 2. The second-order valence-corrected chi connectivity index (χ2v) is 10.0. The zero-order valence-electron chi connectivity index (χ0n) is 17.0. The van der Waals surface area contributed by atoms with Gasteiger partial charge in [0.05, 0.1) is 10.0 Å². The standard InChI is InChI=1S/C24H21Cl2N2O2S/c1-14-6-2-3-7-15(14)13-27-23-21(17-8-4-5-9-20(17)31-23)22(29)28(24(27)30)16-10-11-18(25)19(26)12-16/h2-3,6-7,10-12,21H,4-5,8-9,13H2,1H3/q+1. The van der Waals surface area contributed by atoms with Crippen molar-refractivity contribution in [1.29, 1.82) is 0 Å². The summed E-state index contributed by atoms with van der Waals surface area (Å²) < 4.78 is 1.78. The Balaban J connectivity index is 1.64. The quantitative estimate of drug-likeness (QED) is 0.475. The molecule has 2 aliphatic heterocycles. The average Bonchev–Trinajstić information content (AvgIpc) is 3.14. The second-order valence-electron chi connectivity index (χ2n) is 8.10. The molecule has 0 saturated carbocycles. The molecule has 1 unspecified atom stereocenters. The highest BCUT2D eigenvalue weighted by Crippen LogP contribution is 2.48. The van der Waals surface area contributed by atoms with Crippen molar-refractivity contribution in [2.45, 2.75) is 39.2 Å². The molecule has 0 spiro atoms. The van der Waals surface area contributed by atoms with Crippen molar-refractivity contribution < 1.29 is 14.2 Å². The minimum atomic E-state index is -0.392. The number of benzene rings is 2. The van der Waals surface area contributed by atoms with Gasteiger partial charge in [0.1, 0.15) is 12.2 Å². The summed E-state index contributed by atoms with van der Waals surface area (Å²) in [5.74, 6) is -0.588. The van der Waals surface area contributed by atoms with Crippen LogP contribution in [-0.2, 0) is 11.3 Å². The molecule has 2 heterocycles. The maximum Gasteiger partial charge on any atom is 0.506 e. The first-order valence-corrected chi connectivity index (χ1v) is 11.9. The summed E-state index contributed by atoms with van der Waals surface area (Å²) in [5, 5.41) is 1.56. The predicted octanol–water partition coefficient (Wildman–Crippen LogP) is 6.57. The molecule has 0 N–H and O–H groups in total. The SMILES string of the molecule is Cc1ccccc1C[N+]1=C2SC3=C(CCCC3)C2C(=O)N(c2ccc(Cl)c(Cl)c2)C1=O. The van der Waals surface area contributed by atoms with Gasteiger partial charge in [0.25, 0.3) is 0 Å². The normalized spacial score (nSPS) is 21.0. The molecule has 7 heteroatoms. The largest absolute Gasteiger partial charge is 0.506 e. The Morgan fingerprint density at radius 3 is 2.61 bits per heavy atom. The monoisotopic (exact) mass is 471 g/mol. The van der Waals surface area contributed by atoms with E-state index < -0.39 is 5.92 Å². The third-order valence-electron chi connectivity index (χ3n) is 6.19. The lowest BCUT2D eigenvalue weighted by atomic mass is 9.88. The smallest absolute Gasteiger partial charge is 0.245 e. The van der Waals surface area contributed by atoms with Crippen LogP contribution in [-0.4, -0.2) is 21.6 Å². The van der Waals surface area contributed by atoms with Gasteiger partial charge < -0.3 is 0 Å². The van der Waals surface area contributed by atoms with Gasteiger partial charge in [0.15, 0.2) is 11.0 Å². The topological polar surface area (TPSA) is 40.4 Å². The fourth-order valence-electron chi connectivity index (χ4n) is 4.53. The highest BCUT2D eigenvalue weighted by Gasteiger charge is 2.54. The van der Waals surface area contributed by atoms with E-state index in [0.717, 1.165) is 41.9 Å². The summed E-state index contributed by atoms with van der Waals surface area (Å²) in [6.07, 6.45) is 4.09. The summed E-state index contributed by atoms with van der Waals surface area (Å²) in [5.41, 5.74) is 3.82. The Kier molecular flexibility index (Phi) is 5.45. The summed E-state index contributed by atoms with van der Waals surface area (Å²) in [6, 6.07) is 12.6. The molecular weight excluding hydrogens is 451 g/mol. The summed E-state index contributed by atoms with van der Waals surface area (Å²) in [4.78, 5) is 29.9. The zero-order chi connectivity index (χ0) is 21.7. The average molecular weight is 472 g/mol. The van der Waals surface area contributed by atoms with E-state index in [1.165, 1.54) is 15.4 Å². The van der Waals surface area contributed by atoms with E-state index in [-0.39, 0.29) is 11.9 Å². The lowest BCUT2D eigenvalue weighted by molar-refractivity contribution is -0.443. The van der Waals surface area contributed by atoms with Crippen LogP contribution in [0.25, 0.3) is 0 Å². The molecule has 0 saturated heterocycles. The van der Waals surface area contributed by atoms with Gasteiger partial charge in [-0.25, -0.2) is 4.79 Å². The van der Waals surface area contributed by atoms with Crippen molar-refractivity contribution in [3.63, 3.8) is 0 Å². The highest BCUT2D eigenvalue weighted by atomic mass is 35.5. The Hall–Kier alpha value is -2.08. The first-order chi connectivity index (χ1) is 15.0. The number of nitrogens with zero attached hydrogens (tertiary/aromatic N) is 2. The molecule has 0 fully saturated rings. The maximum atomic E-state index is 13.7. The predicted molar refractivity (Wildman–Crippen MR) is 126 cm³/mol. The first-order valence-electron chi connectivity index (χ1n) is 10.4. The summed E-state index contributed by atoms with van der Waals surface area (Å²) >= 11 is 13.9. The van der Waals surface area contributed by atoms with Crippen LogP contribution in [0, 0.1) is 12.8 Å². The highest BCUT2D eigenvalue weighted by molar-refractivity contribution is 8.17. The number of hydrogen-bond donors (Lipinski definition) is 0. The van der Waals surface area contributed by atoms with Gasteiger partial charge in [0.2, 0.25) is 0 Å². The Labute approximate surface area is 195 Å². The van der Waals surface area contributed by atoms with Crippen molar-refractivity contribution >= 4 is 57.6 Å². The third-order valence-corrected chi connectivity index (χ3v) is 8.30. The molecule has 2 aromatic rings. The number of rotatable bonds is 3. The second kappa shape index (κ2) is 8.12. The molecule has 1 aliphatic carbocycles. The lowest BCUT2D eigenvalue weighted by Gasteiger charge is -2.26. The lowest BCUT2D eigenvalue weighted by Crippen LogP contribution is -2.53. The number of halogens is 2. The van der Waals surface area contributed by atoms with E-state index in [4.69, 9.17) is 23.2 Å². The molecule has 3 amide bonds. The van der Waals surface area contributed by atoms with E-state index in [1.807, 2.05) is 31.2 Å². The van der Waals surface area contributed by atoms with Gasteiger partial charge in [0, 0.05) is 6.07 Å². The third kappa shape index (κ3) is 3.53. The van der Waals surface area contributed by atoms with Gasteiger partial charge >= 0.3 is 11.9 Å². The molecule has 3 aliphatic rings. The van der Waals surface area contributed by atoms with E-state index in [2.05, 4.69) is 0 Å². The van der Waals surface area contributed by atoms with Crippen molar-refractivity contribution in [3.05, 3.63) is 74.1 Å². The number of hydrogen-bond acceptors (Lipinski definition) is 3. The Morgan fingerprint density at radius 1 is 1.06 bits per heavy atom. The van der Waals surface area contributed by atoms with Crippen LogP contribution in [0.2, 0.25) is 10.0 Å². The molecule has 158 valence electrons. The van der Waals surface area contributed by atoms with Crippen LogP contribution < -0.4 is 4.90 Å². The number of thioether (sulfide) groups is 1. The summed E-state index contributed by atoms with van der Waals surface area (Å²) in [7, 11) is 0. The summed E-state index contributed by atoms with van der Waals surface area (Å²) in [6.45, 7) is 2.47. The Morgan fingerprint density at radius 2 is 1.84 bits per heavy atom. The van der Waals surface area contributed by atoms with Crippen molar-refractivity contribution in [2.24, 2.45) is 5.92 Å². The Bertz CT molecular complexity index is 1190. The number of allylic oxidation sites excluding steroid dienone is 1. The van der Waals surface area contributed by atoms with Gasteiger partial charge in [-0.2, -0.15) is 9.37 Å². The molecular formula is C24H21Cl2N2O2S+. The van der Waals surface area contributed by atoms with Crippen molar-refractivity contribution in [1.82, 2.24) is 0 Å². The zero-order valence-corrected chi connectivity index (χ0v) is 19.4. The van der Waals surface area contributed by atoms with Crippen LogP contribution >= 0.6 is 35.0 Å². The van der Waals surface area contributed by atoms with E-state index >= 15 is 0 Å². The van der Waals surface area contributed by atoms with E-state index in [1.54, 1.807) is 34.5 Å². The van der Waals surface area contributed by atoms with Crippen LogP contribution in [0.15, 0.2) is 52.9 Å². The minimum absolute atomic E-state index is 0.196. The van der Waals surface area contributed by atoms with Gasteiger partial charge in [-0.1, -0.05) is 59.2 Å². The number of urea groups is 1. The maximum absolute atomic E-state index is 13.7. The number of carbonyl (C=O) groups excluding carboxylic acids is 2. The molecule has 2 aromatic carbocycles. The van der Waals surface area contributed by atoms with Gasteiger partial charge in [-0.15, -0.1) is 4.90 Å². The molecule has 0 bridgehead atoms. The van der Waals surface area contributed by atoms with Crippen LogP contribution in [0.3, 0.4) is 0 Å². The molecule has 1 atom stereocenters. The molecule has 0 radical (unpaired) electrons. The van der Waals surface area contributed by atoms with Crippen molar-refractivity contribution in [2.75, 3.05) is 4.90 Å². The van der Waals surface area contributed by atoms with Gasteiger partial charge in [-0.05, 0) is 66.3 Å². The molecule has 5 rings (SSSR count). The van der Waals surface area contributed by atoms with E-state index in [0.29, 0.717) is 22.3 Å². The fourth-order valence-corrected chi connectivity index (χ4v) is 6.28. The molecule has 31 heavy (non-hydrogen) atoms. The number of aryl methyl sites for hydroxylation is 1. The van der Waals surface area contributed by atoms with E-state index in [9.17, 15) is 9.59 Å². The van der Waals surface area contributed by atoms with Gasteiger partial charge in [-0.3, -0.25) is 0 Å². The first kappa shape index (κ1) is 20.8. The minimum Gasteiger partial charge on any atom is -0.245 e. The van der Waals surface area contributed by atoms with Crippen molar-refractivity contribution in [3.8, 4) is 0 Å². The van der Waals surface area contributed by atoms with Crippen LogP contribution in [0.4, 0.5) is 10.5 Å². The number of amides is 3. The fraction of sp³-hybridized carbons (Fsp3) is 0.292. The number of fused-ring (bicyclic) bond motifs is 2. The number of anilines is 1. The van der Waals surface area contributed by atoms with Crippen LogP contribution in [0.1, 0.15) is 36.8 Å². The number of imide groups is 1. The molecule has 0 aromatic heterocycles. The molecule has 4 nitrogen and oxygen atoms in total.